The molecule has 1 fully saturated rings. The maximum absolute atomic E-state index is 12.2. The Balaban J connectivity index is 2.53. The van der Waals surface area contributed by atoms with Crippen molar-refractivity contribution in [1.29, 1.82) is 0 Å². The van der Waals surface area contributed by atoms with Crippen LogP contribution in [0.5, 0.6) is 0 Å². The first kappa shape index (κ1) is 18.2. The summed E-state index contributed by atoms with van der Waals surface area (Å²) < 4.78 is 0. The van der Waals surface area contributed by atoms with E-state index in [1.54, 1.807) is 0 Å². The molecule has 7 N–H and O–H groups in total. The van der Waals surface area contributed by atoms with Crippen molar-refractivity contribution in [3.8, 4) is 0 Å². The highest BCUT2D eigenvalue weighted by Crippen LogP contribution is 2.17. The van der Waals surface area contributed by atoms with E-state index in [0.717, 1.165) is 6.42 Å². The van der Waals surface area contributed by atoms with E-state index < -0.39 is 19.1 Å². The highest BCUT2D eigenvalue weighted by Gasteiger charge is 2.35. The van der Waals surface area contributed by atoms with Gasteiger partial charge in [0.25, 0.3) is 0 Å². The molecule has 124 valence electrons. The summed E-state index contributed by atoms with van der Waals surface area (Å²) in [5.74, 6) is -1.39. The lowest BCUT2D eigenvalue weighted by Gasteiger charge is -2.25. The molecule has 1 unspecified atom stereocenters. The molecule has 0 bridgehead atoms. The zero-order valence-electron chi connectivity index (χ0n) is 12.7. The summed E-state index contributed by atoms with van der Waals surface area (Å²) in [6, 6.07) is -0.545. The third kappa shape index (κ3) is 5.53. The zero-order valence-corrected chi connectivity index (χ0v) is 12.7. The lowest BCUT2D eigenvalue weighted by Crippen LogP contribution is -2.53. The van der Waals surface area contributed by atoms with E-state index in [2.05, 4.69) is 10.3 Å². The lowest BCUT2D eigenvalue weighted by molar-refractivity contribution is -0.137. The van der Waals surface area contributed by atoms with Gasteiger partial charge in [0.2, 0.25) is 11.8 Å². The van der Waals surface area contributed by atoms with Crippen molar-refractivity contribution in [2.45, 2.75) is 44.6 Å². The Labute approximate surface area is 129 Å². The van der Waals surface area contributed by atoms with Gasteiger partial charge in [0, 0.05) is 20.0 Å². The summed E-state index contributed by atoms with van der Waals surface area (Å²) in [6.07, 6.45) is 2.14. The number of hydrogen-bond donors (Lipinski definition) is 5. The summed E-state index contributed by atoms with van der Waals surface area (Å²) in [4.78, 5) is 29.0. The Morgan fingerprint density at radius 1 is 1.45 bits per heavy atom. The van der Waals surface area contributed by atoms with E-state index in [4.69, 9.17) is 11.5 Å². The van der Waals surface area contributed by atoms with Gasteiger partial charge in [-0.3, -0.25) is 14.6 Å². The maximum atomic E-state index is 12.2. The van der Waals surface area contributed by atoms with Gasteiger partial charge < -0.3 is 31.7 Å². The van der Waals surface area contributed by atoms with E-state index >= 15 is 0 Å². The van der Waals surface area contributed by atoms with Gasteiger partial charge in [-0.05, 0) is 25.7 Å². The second-order valence-corrected chi connectivity index (χ2v) is 5.35. The molecule has 0 saturated carbocycles. The summed E-state index contributed by atoms with van der Waals surface area (Å²) in [5, 5.41) is 21.3. The van der Waals surface area contributed by atoms with Crippen molar-refractivity contribution in [2.75, 3.05) is 13.1 Å². The van der Waals surface area contributed by atoms with E-state index in [1.165, 1.54) is 11.8 Å². The molecule has 1 saturated heterocycles. The fraction of sp³-hybridized carbons (Fsp3) is 0.750. The lowest BCUT2D eigenvalue weighted by atomic mass is 9.76. The average Bonchev–Trinajstić information content (AvgIpc) is 2.91. The molecule has 2 atom stereocenters. The van der Waals surface area contributed by atoms with Crippen molar-refractivity contribution >= 4 is 24.9 Å². The van der Waals surface area contributed by atoms with E-state index in [0.29, 0.717) is 32.4 Å². The quantitative estimate of drug-likeness (QED) is 0.152. The van der Waals surface area contributed by atoms with E-state index in [-0.39, 0.29) is 17.8 Å². The highest BCUT2D eigenvalue weighted by molar-refractivity contribution is 6.43. The first-order valence-corrected chi connectivity index (χ1v) is 7.32. The van der Waals surface area contributed by atoms with Gasteiger partial charge in [0.15, 0.2) is 5.96 Å². The molecule has 1 aliphatic heterocycles. The number of nitrogens with two attached hydrogens (primary N) is 2. The minimum atomic E-state index is -1.68. The molecule has 2 amide bonds. The van der Waals surface area contributed by atoms with Crippen molar-refractivity contribution in [3.05, 3.63) is 0 Å². The van der Waals surface area contributed by atoms with Gasteiger partial charge in [-0.1, -0.05) is 0 Å². The minimum Gasteiger partial charge on any atom is -0.426 e. The normalized spacial score (nSPS) is 18.7. The van der Waals surface area contributed by atoms with Crippen LogP contribution in [0.15, 0.2) is 4.99 Å². The fourth-order valence-corrected chi connectivity index (χ4v) is 2.51. The van der Waals surface area contributed by atoms with Gasteiger partial charge in [-0.25, -0.2) is 0 Å². The Kier molecular flexibility index (Phi) is 7.13. The molecule has 1 heterocycles. The van der Waals surface area contributed by atoms with Crippen LogP contribution < -0.4 is 16.8 Å². The molecular formula is C12H24BN5O4. The first-order valence-electron chi connectivity index (χ1n) is 7.32. The van der Waals surface area contributed by atoms with Crippen LogP contribution >= 0.6 is 0 Å². The number of hydrogen-bond acceptors (Lipinski definition) is 5. The number of likely N-dealkylation sites (tertiary alicyclic amines) is 1. The van der Waals surface area contributed by atoms with Gasteiger partial charge >= 0.3 is 7.12 Å². The molecule has 1 aliphatic rings. The van der Waals surface area contributed by atoms with Gasteiger partial charge in [0.1, 0.15) is 6.04 Å². The zero-order chi connectivity index (χ0) is 16.7. The average molecular weight is 313 g/mol. The SMILES string of the molecule is CC(=O)N1CCC[C@H]1C(=O)NC(CCCN=C(N)N)B(O)O. The Hall–Kier alpha value is -1.81. The van der Waals surface area contributed by atoms with E-state index in [1.807, 2.05) is 0 Å². The predicted molar refractivity (Wildman–Crippen MR) is 82.4 cm³/mol. The summed E-state index contributed by atoms with van der Waals surface area (Å²) in [7, 11) is -1.68. The Morgan fingerprint density at radius 2 is 2.14 bits per heavy atom. The van der Waals surface area contributed by atoms with Gasteiger partial charge in [-0.2, -0.15) is 0 Å². The maximum Gasteiger partial charge on any atom is 0.475 e. The summed E-state index contributed by atoms with van der Waals surface area (Å²) in [5.41, 5.74) is 10.4. The number of nitrogens with one attached hydrogen (secondary N) is 1. The molecule has 0 spiro atoms. The number of rotatable bonds is 7. The van der Waals surface area contributed by atoms with Crippen LogP contribution in [0.4, 0.5) is 0 Å². The molecule has 22 heavy (non-hydrogen) atoms. The first-order chi connectivity index (χ1) is 10.3. The van der Waals surface area contributed by atoms with Gasteiger partial charge in [-0.15, -0.1) is 0 Å². The molecule has 0 aliphatic carbocycles. The number of aliphatic imine (C=N–C) groups is 1. The molecule has 10 heteroatoms. The van der Waals surface area contributed by atoms with Crippen molar-refractivity contribution < 1.29 is 19.6 Å². The summed E-state index contributed by atoms with van der Waals surface area (Å²) in [6.45, 7) is 2.30. The number of carbonyl (C=O) groups excluding carboxylic acids is 2. The van der Waals surface area contributed by atoms with E-state index in [9.17, 15) is 19.6 Å². The Bertz CT molecular complexity index is 428. The van der Waals surface area contributed by atoms with Crippen molar-refractivity contribution in [3.63, 3.8) is 0 Å². The third-order valence-electron chi connectivity index (χ3n) is 3.62. The monoisotopic (exact) mass is 313 g/mol. The van der Waals surface area contributed by atoms with Crippen LogP contribution in [0.3, 0.4) is 0 Å². The van der Waals surface area contributed by atoms with Crippen LogP contribution in [0.2, 0.25) is 0 Å². The topological polar surface area (TPSA) is 154 Å². The molecule has 0 aromatic rings. The fourth-order valence-electron chi connectivity index (χ4n) is 2.51. The highest BCUT2D eigenvalue weighted by atomic mass is 16.4. The second kappa shape index (κ2) is 8.59. The second-order valence-electron chi connectivity index (χ2n) is 5.35. The molecule has 0 aromatic carbocycles. The van der Waals surface area contributed by atoms with Crippen LogP contribution in [-0.4, -0.2) is 64.9 Å². The number of nitrogens with zero attached hydrogens (tertiary/aromatic N) is 2. The van der Waals surface area contributed by atoms with Crippen molar-refractivity contribution in [2.24, 2.45) is 16.5 Å². The smallest absolute Gasteiger partial charge is 0.426 e. The third-order valence-corrected chi connectivity index (χ3v) is 3.62. The molecular weight excluding hydrogens is 289 g/mol. The number of guanidine groups is 1. The largest absolute Gasteiger partial charge is 0.475 e. The van der Waals surface area contributed by atoms with Crippen molar-refractivity contribution in [1.82, 2.24) is 10.2 Å². The predicted octanol–water partition coefficient (Wildman–Crippen LogP) is -2.45. The number of amides is 2. The van der Waals surface area contributed by atoms with Crippen LogP contribution in [-0.2, 0) is 9.59 Å². The molecule has 1 rings (SSSR count). The standard InChI is InChI=1S/C12H24BN5O4/c1-8(19)18-7-3-4-9(18)11(20)17-10(13(21)22)5-2-6-16-12(14)15/h9-10,21-22H,2-7H2,1H3,(H,17,20)(H4,14,15,16)/t9-,10?/m0/s1. The summed E-state index contributed by atoms with van der Waals surface area (Å²) >= 11 is 0. The minimum absolute atomic E-state index is 0.0341. The molecule has 0 aromatic heterocycles. The van der Waals surface area contributed by atoms with Gasteiger partial charge in [0.05, 0.1) is 5.94 Å². The number of carbonyl (C=O) groups is 2. The van der Waals surface area contributed by atoms with Crippen LogP contribution in [0, 0.1) is 0 Å². The van der Waals surface area contributed by atoms with Crippen LogP contribution in [0.25, 0.3) is 0 Å². The molecule has 9 nitrogen and oxygen atoms in total. The van der Waals surface area contributed by atoms with Crippen LogP contribution in [0.1, 0.15) is 32.6 Å². The molecule has 0 radical (unpaired) electrons. The Morgan fingerprint density at radius 3 is 2.68 bits per heavy atom.